The Morgan fingerprint density at radius 2 is 2.03 bits per heavy atom. The minimum absolute atomic E-state index is 0.147. The molecule has 0 spiro atoms. The molecular weight excluding hydrogens is 471 g/mol. The zero-order chi connectivity index (χ0) is 22.9. The van der Waals surface area contributed by atoms with Crippen molar-refractivity contribution < 1.29 is 9.53 Å². The van der Waals surface area contributed by atoms with E-state index < -0.39 is 0 Å². The van der Waals surface area contributed by atoms with E-state index in [0.29, 0.717) is 28.9 Å². The lowest BCUT2D eigenvalue weighted by atomic mass is 10.3. The molecule has 0 saturated heterocycles. The fraction of sp³-hybridized carbons (Fsp3) is 0.429. The maximum Gasteiger partial charge on any atom is 0.258 e. The van der Waals surface area contributed by atoms with Crippen LogP contribution < -0.4 is 15.4 Å². The van der Waals surface area contributed by atoms with E-state index in [1.165, 1.54) is 0 Å². The van der Waals surface area contributed by atoms with Crippen molar-refractivity contribution >= 4 is 57.7 Å². The van der Waals surface area contributed by atoms with Crippen LogP contribution in [0.15, 0.2) is 29.6 Å². The Kier molecular flexibility index (Phi) is 9.25. The van der Waals surface area contributed by atoms with E-state index in [9.17, 15) is 4.79 Å². The number of halogens is 2. The normalized spacial score (nSPS) is 11.0. The molecule has 0 aliphatic rings. The van der Waals surface area contributed by atoms with Gasteiger partial charge in [0.25, 0.3) is 5.91 Å². The van der Waals surface area contributed by atoms with Gasteiger partial charge >= 0.3 is 0 Å². The number of nitrogens with zero attached hydrogens (tertiary/aromatic N) is 4. The Morgan fingerprint density at radius 1 is 1.19 bits per heavy atom. The van der Waals surface area contributed by atoms with Gasteiger partial charge in [-0.2, -0.15) is 5.10 Å². The van der Waals surface area contributed by atoms with E-state index in [4.69, 9.17) is 27.9 Å². The van der Waals surface area contributed by atoms with Crippen molar-refractivity contribution in [1.29, 1.82) is 0 Å². The second kappa shape index (κ2) is 12.1. The molecule has 2 N–H and O–H groups in total. The van der Waals surface area contributed by atoms with Crippen LogP contribution in [0.4, 0.5) is 5.82 Å². The van der Waals surface area contributed by atoms with Crippen molar-refractivity contribution in [3.8, 4) is 5.75 Å². The number of nitrogens with one attached hydrogen (secondary N) is 2. The Bertz CT molecular complexity index is 1060. The lowest BCUT2D eigenvalue weighted by Crippen LogP contribution is -2.31. The third kappa shape index (κ3) is 6.63. The number of amides is 1. The van der Waals surface area contributed by atoms with Gasteiger partial charge in [0.2, 0.25) is 0 Å². The lowest BCUT2D eigenvalue weighted by Gasteiger charge is -2.10. The Hall–Kier alpha value is -2.23. The number of anilines is 1. The first-order valence-corrected chi connectivity index (χ1v) is 12.2. The number of hydrogen-bond acceptors (Lipinski definition) is 7. The average molecular weight is 497 g/mol. The third-order valence-electron chi connectivity index (χ3n) is 4.35. The second-order valence-corrected chi connectivity index (χ2v) is 8.85. The summed E-state index contributed by atoms with van der Waals surface area (Å²) < 4.78 is 7.24. The number of thioether (sulfide) groups is 1. The number of hydrogen-bond donors (Lipinski definition) is 2. The molecular formula is C21H26Cl2N6O2S. The highest BCUT2D eigenvalue weighted by Gasteiger charge is 2.13. The largest absolute Gasteiger partial charge is 0.482 e. The van der Waals surface area contributed by atoms with Gasteiger partial charge in [0.1, 0.15) is 11.6 Å². The molecule has 0 aliphatic heterocycles. The molecule has 3 rings (SSSR count). The van der Waals surface area contributed by atoms with Gasteiger partial charge in [-0.3, -0.25) is 4.79 Å². The first-order valence-electron chi connectivity index (χ1n) is 10.5. The molecule has 172 valence electrons. The second-order valence-electron chi connectivity index (χ2n) is 6.95. The molecule has 8 nitrogen and oxygen atoms in total. The van der Waals surface area contributed by atoms with Gasteiger partial charge in [0, 0.05) is 23.9 Å². The van der Waals surface area contributed by atoms with Crippen molar-refractivity contribution in [2.45, 2.75) is 38.4 Å². The molecule has 11 heteroatoms. The van der Waals surface area contributed by atoms with E-state index in [-0.39, 0.29) is 12.5 Å². The number of fused-ring (bicyclic) bond motifs is 1. The van der Waals surface area contributed by atoms with Gasteiger partial charge < -0.3 is 15.4 Å². The highest BCUT2D eigenvalue weighted by Crippen LogP contribution is 2.27. The number of benzene rings is 1. The smallest absolute Gasteiger partial charge is 0.258 e. The summed E-state index contributed by atoms with van der Waals surface area (Å²) in [4.78, 5) is 21.5. The van der Waals surface area contributed by atoms with Crippen LogP contribution in [-0.2, 0) is 11.3 Å². The van der Waals surface area contributed by atoms with Crippen LogP contribution in [0.25, 0.3) is 11.0 Å². The molecule has 1 amide bonds. The minimum atomic E-state index is -0.258. The number of carbonyl (C=O) groups is 1. The summed E-state index contributed by atoms with van der Waals surface area (Å²) in [5.74, 6) is 1.89. The molecule has 2 heterocycles. The fourth-order valence-electron chi connectivity index (χ4n) is 2.82. The van der Waals surface area contributed by atoms with Crippen molar-refractivity contribution in [2.24, 2.45) is 0 Å². The summed E-state index contributed by atoms with van der Waals surface area (Å²) in [6, 6.07) is 4.85. The number of rotatable bonds is 12. The molecule has 1 aromatic carbocycles. The van der Waals surface area contributed by atoms with Gasteiger partial charge in [-0.1, -0.05) is 48.8 Å². The number of ether oxygens (including phenoxy) is 1. The molecule has 32 heavy (non-hydrogen) atoms. The molecule has 0 saturated carbocycles. The Morgan fingerprint density at radius 3 is 2.78 bits per heavy atom. The van der Waals surface area contributed by atoms with E-state index in [1.807, 2.05) is 0 Å². The third-order valence-corrected chi connectivity index (χ3v) is 5.94. The first-order chi connectivity index (χ1) is 15.5. The summed E-state index contributed by atoms with van der Waals surface area (Å²) in [5.41, 5.74) is 0.746. The van der Waals surface area contributed by atoms with Crippen molar-refractivity contribution in [2.75, 3.05) is 30.8 Å². The van der Waals surface area contributed by atoms with Crippen molar-refractivity contribution in [3.63, 3.8) is 0 Å². The average Bonchev–Trinajstić information content (AvgIpc) is 3.18. The maximum absolute atomic E-state index is 12.2. The Balaban J connectivity index is 1.60. The van der Waals surface area contributed by atoms with E-state index in [2.05, 4.69) is 39.5 Å². The van der Waals surface area contributed by atoms with Crippen LogP contribution in [-0.4, -0.2) is 51.1 Å². The highest BCUT2D eigenvalue weighted by molar-refractivity contribution is 7.99. The standard InChI is InChI=1S/C21H26Cl2N6O2S/c1-3-7-25-19-15-12-26-29(20(15)28-21(27-19)32-10-4-2)9-8-24-18(30)13-31-17-6-5-14(22)11-16(17)23/h5-6,11-12H,3-4,7-10,13H2,1-2H3,(H,24,30)(H,25,27,28). The molecule has 0 unspecified atom stereocenters. The van der Waals surface area contributed by atoms with E-state index >= 15 is 0 Å². The molecule has 0 fully saturated rings. The summed E-state index contributed by atoms with van der Waals surface area (Å²) in [6.45, 7) is 5.76. The van der Waals surface area contributed by atoms with Gasteiger partial charge in [0.15, 0.2) is 17.4 Å². The molecule has 2 aromatic heterocycles. The predicted molar refractivity (Wildman–Crippen MR) is 130 cm³/mol. The monoisotopic (exact) mass is 496 g/mol. The van der Waals surface area contributed by atoms with Crippen LogP contribution in [0.2, 0.25) is 10.0 Å². The number of aromatic nitrogens is 4. The lowest BCUT2D eigenvalue weighted by molar-refractivity contribution is -0.123. The van der Waals surface area contributed by atoms with Crippen LogP contribution in [0.5, 0.6) is 5.75 Å². The summed E-state index contributed by atoms with van der Waals surface area (Å²) >= 11 is 13.5. The quantitative estimate of drug-likeness (QED) is 0.278. The molecule has 3 aromatic rings. The topological polar surface area (TPSA) is 94.0 Å². The van der Waals surface area contributed by atoms with Gasteiger partial charge in [-0.05, 0) is 31.0 Å². The fourth-order valence-corrected chi connectivity index (χ4v) is 3.98. The number of carbonyl (C=O) groups excluding carboxylic acids is 1. The van der Waals surface area contributed by atoms with Crippen molar-refractivity contribution in [3.05, 3.63) is 34.4 Å². The molecule has 0 atom stereocenters. The molecule has 0 aliphatic carbocycles. The van der Waals surface area contributed by atoms with Crippen LogP contribution in [0.3, 0.4) is 0 Å². The predicted octanol–water partition coefficient (Wildman–Crippen LogP) is 4.65. The van der Waals surface area contributed by atoms with Gasteiger partial charge in [0.05, 0.1) is 23.2 Å². The van der Waals surface area contributed by atoms with Crippen molar-refractivity contribution in [1.82, 2.24) is 25.1 Å². The molecule has 0 radical (unpaired) electrons. The van der Waals surface area contributed by atoms with Gasteiger partial charge in [-0.25, -0.2) is 14.6 Å². The summed E-state index contributed by atoms with van der Waals surface area (Å²) in [7, 11) is 0. The minimum Gasteiger partial charge on any atom is -0.482 e. The van der Waals surface area contributed by atoms with Crippen LogP contribution >= 0.6 is 35.0 Å². The molecule has 0 bridgehead atoms. The summed E-state index contributed by atoms with van der Waals surface area (Å²) in [5, 5.41) is 13.1. The summed E-state index contributed by atoms with van der Waals surface area (Å²) in [6.07, 6.45) is 3.79. The highest BCUT2D eigenvalue weighted by atomic mass is 35.5. The van der Waals surface area contributed by atoms with Crippen LogP contribution in [0, 0.1) is 0 Å². The zero-order valence-electron chi connectivity index (χ0n) is 18.0. The Labute approximate surface area is 201 Å². The zero-order valence-corrected chi connectivity index (χ0v) is 20.4. The van der Waals surface area contributed by atoms with E-state index in [1.54, 1.807) is 40.8 Å². The SMILES string of the molecule is CCCNc1nc(SCCC)nc2c1cnn2CCNC(=O)COc1ccc(Cl)cc1Cl. The maximum atomic E-state index is 12.2. The van der Waals surface area contributed by atoms with E-state index in [0.717, 1.165) is 47.1 Å². The first kappa shape index (κ1) is 24.4. The van der Waals surface area contributed by atoms with Gasteiger partial charge in [-0.15, -0.1) is 0 Å². The van der Waals surface area contributed by atoms with Crippen LogP contribution in [0.1, 0.15) is 26.7 Å².